The first kappa shape index (κ1) is 14.8. The molecule has 0 saturated heterocycles. The number of ether oxygens (including phenoxy) is 1. The maximum absolute atomic E-state index is 5.21. The van der Waals surface area contributed by atoms with E-state index in [-0.39, 0.29) is 0 Å². The van der Waals surface area contributed by atoms with Gasteiger partial charge in [-0.15, -0.1) is 5.10 Å². The highest BCUT2D eigenvalue weighted by Crippen LogP contribution is 2.14. The van der Waals surface area contributed by atoms with Crippen LogP contribution in [0.15, 0.2) is 60.8 Å². The summed E-state index contributed by atoms with van der Waals surface area (Å²) in [6, 6.07) is 17.9. The standard InChI is InChI=1S/C19H17N3O/c1-23-19-9-5-8-17(14-19)10-11-18-15-22(21-20-18)13-12-16-6-3-2-4-7-16/h2-15H,1H3/b11-10+,13-12+. The highest BCUT2D eigenvalue weighted by molar-refractivity contribution is 5.68. The van der Waals surface area contributed by atoms with Crippen molar-refractivity contribution in [1.82, 2.24) is 15.0 Å². The largest absolute Gasteiger partial charge is 0.497 e. The van der Waals surface area contributed by atoms with Crippen molar-refractivity contribution in [2.24, 2.45) is 0 Å². The molecule has 2 aromatic carbocycles. The van der Waals surface area contributed by atoms with Crippen LogP contribution in [-0.4, -0.2) is 22.1 Å². The summed E-state index contributed by atoms with van der Waals surface area (Å²) in [4.78, 5) is 0. The lowest BCUT2D eigenvalue weighted by Crippen LogP contribution is -1.85. The van der Waals surface area contributed by atoms with E-state index in [0.29, 0.717) is 0 Å². The molecular weight excluding hydrogens is 286 g/mol. The van der Waals surface area contributed by atoms with Gasteiger partial charge in [-0.25, -0.2) is 4.68 Å². The van der Waals surface area contributed by atoms with Gasteiger partial charge in [0.1, 0.15) is 11.4 Å². The fourth-order valence-electron chi connectivity index (χ4n) is 2.09. The highest BCUT2D eigenvalue weighted by atomic mass is 16.5. The van der Waals surface area contributed by atoms with Crippen molar-refractivity contribution >= 4 is 24.4 Å². The average Bonchev–Trinajstić information content (AvgIpc) is 3.07. The van der Waals surface area contributed by atoms with Gasteiger partial charge in [-0.1, -0.05) is 53.8 Å². The molecule has 4 heteroatoms. The lowest BCUT2D eigenvalue weighted by atomic mass is 10.2. The molecule has 0 bridgehead atoms. The van der Waals surface area contributed by atoms with E-state index in [9.17, 15) is 0 Å². The number of aromatic nitrogens is 3. The highest BCUT2D eigenvalue weighted by Gasteiger charge is 1.95. The second-order valence-corrected chi connectivity index (χ2v) is 4.96. The summed E-state index contributed by atoms with van der Waals surface area (Å²) >= 11 is 0. The molecule has 114 valence electrons. The monoisotopic (exact) mass is 303 g/mol. The number of nitrogens with zero attached hydrogens (tertiary/aromatic N) is 3. The molecule has 1 heterocycles. The van der Waals surface area contributed by atoms with E-state index in [1.54, 1.807) is 11.8 Å². The molecule has 0 spiro atoms. The summed E-state index contributed by atoms with van der Waals surface area (Å²) < 4.78 is 6.90. The predicted octanol–water partition coefficient (Wildman–Crippen LogP) is 4.09. The first-order chi connectivity index (χ1) is 11.3. The van der Waals surface area contributed by atoms with Gasteiger partial charge in [-0.3, -0.25) is 0 Å². The molecule has 4 nitrogen and oxygen atoms in total. The minimum atomic E-state index is 0.797. The Balaban J connectivity index is 1.69. The fourth-order valence-corrected chi connectivity index (χ4v) is 2.09. The summed E-state index contributed by atoms with van der Waals surface area (Å²) in [7, 11) is 1.66. The van der Waals surface area contributed by atoms with Crippen molar-refractivity contribution in [3.8, 4) is 5.75 Å². The van der Waals surface area contributed by atoms with Gasteiger partial charge in [0.15, 0.2) is 0 Å². The molecule has 0 N–H and O–H groups in total. The molecule has 0 atom stereocenters. The minimum absolute atomic E-state index is 0.797. The molecule has 3 aromatic rings. The van der Waals surface area contributed by atoms with Crippen LogP contribution in [0.3, 0.4) is 0 Å². The third-order valence-electron chi connectivity index (χ3n) is 3.29. The molecule has 0 amide bonds. The number of hydrogen-bond donors (Lipinski definition) is 0. The summed E-state index contributed by atoms with van der Waals surface area (Å²) in [6.45, 7) is 0. The van der Waals surface area contributed by atoms with E-state index in [1.165, 1.54) is 0 Å². The van der Waals surface area contributed by atoms with Crippen molar-refractivity contribution in [1.29, 1.82) is 0 Å². The lowest BCUT2D eigenvalue weighted by molar-refractivity contribution is 0.414. The van der Waals surface area contributed by atoms with E-state index in [0.717, 1.165) is 22.6 Å². The topological polar surface area (TPSA) is 39.9 Å². The van der Waals surface area contributed by atoms with Crippen molar-refractivity contribution < 1.29 is 4.74 Å². The average molecular weight is 303 g/mol. The molecule has 0 aliphatic heterocycles. The van der Waals surface area contributed by atoms with E-state index in [2.05, 4.69) is 10.3 Å². The first-order valence-electron chi connectivity index (χ1n) is 7.31. The van der Waals surface area contributed by atoms with Gasteiger partial charge < -0.3 is 4.74 Å². The Hall–Kier alpha value is -3.14. The molecule has 1 aromatic heterocycles. The molecule has 0 saturated carbocycles. The predicted molar refractivity (Wildman–Crippen MR) is 93.6 cm³/mol. The first-order valence-corrected chi connectivity index (χ1v) is 7.31. The number of methoxy groups -OCH3 is 1. The Morgan fingerprint density at radius 3 is 2.57 bits per heavy atom. The minimum Gasteiger partial charge on any atom is -0.497 e. The fraction of sp³-hybridized carbons (Fsp3) is 0.0526. The zero-order valence-electron chi connectivity index (χ0n) is 12.8. The molecule has 0 radical (unpaired) electrons. The van der Waals surface area contributed by atoms with Gasteiger partial charge in [0.25, 0.3) is 0 Å². The number of rotatable bonds is 5. The summed E-state index contributed by atoms with van der Waals surface area (Å²) in [5, 5.41) is 8.21. The normalized spacial score (nSPS) is 11.3. The van der Waals surface area contributed by atoms with Crippen LogP contribution in [0.5, 0.6) is 5.75 Å². The summed E-state index contributed by atoms with van der Waals surface area (Å²) in [5.41, 5.74) is 2.97. The molecule has 0 fully saturated rings. The van der Waals surface area contributed by atoms with Crippen LogP contribution in [-0.2, 0) is 0 Å². The molecule has 0 aliphatic carbocycles. The van der Waals surface area contributed by atoms with Crippen molar-refractivity contribution in [2.45, 2.75) is 0 Å². The van der Waals surface area contributed by atoms with Crippen LogP contribution in [0.1, 0.15) is 16.8 Å². The smallest absolute Gasteiger partial charge is 0.119 e. The van der Waals surface area contributed by atoms with Crippen molar-refractivity contribution in [2.75, 3.05) is 7.11 Å². The second kappa shape index (κ2) is 7.22. The van der Waals surface area contributed by atoms with Crippen molar-refractivity contribution in [3.05, 3.63) is 77.6 Å². The van der Waals surface area contributed by atoms with E-state index in [1.807, 2.05) is 85.2 Å². The number of benzene rings is 2. The summed E-state index contributed by atoms with van der Waals surface area (Å²) in [5.74, 6) is 0.835. The zero-order valence-corrected chi connectivity index (χ0v) is 12.8. The molecule has 3 rings (SSSR count). The third-order valence-corrected chi connectivity index (χ3v) is 3.29. The molecule has 0 unspecified atom stereocenters. The maximum atomic E-state index is 5.21. The Bertz CT molecular complexity index is 819. The van der Waals surface area contributed by atoms with Crippen LogP contribution >= 0.6 is 0 Å². The van der Waals surface area contributed by atoms with E-state index >= 15 is 0 Å². The van der Waals surface area contributed by atoms with Gasteiger partial charge in [0, 0.05) is 6.20 Å². The molecule has 0 aliphatic rings. The SMILES string of the molecule is COc1cccc(/C=C/c2cn(/C=C/c3ccccc3)nn2)c1. The van der Waals surface area contributed by atoms with Gasteiger partial charge in [-0.05, 0) is 35.4 Å². The van der Waals surface area contributed by atoms with Gasteiger partial charge in [0.2, 0.25) is 0 Å². The van der Waals surface area contributed by atoms with Crippen LogP contribution in [0, 0.1) is 0 Å². The maximum Gasteiger partial charge on any atom is 0.119 e. The Morgan fingerprint density at radius 1 is 0.913 bits per heavy atom. The Morgan fingerprint density at radius 2 is 1.74 bits per heavy atom. The summed E-state index contributed by atoms with van der Waals surface area (Å²) in [6.07, 6.45) is 9.65. The van der Waals surface area contributed by atoms with E-state index < -0.39 is 0 Å². The van der Waals surface area contributed by atoms with Crippen LogP contribution in [0.2, 0.25) is 0 Å². The Labute approximate surface area is 135 Å². The zero-order chi connectivity index (χ0) is 15.9. The van der Waals surface area contributed by atoms with Gasteiger partial charge >= 0.3 is 0 Å². The quantitative estimate of drug-likeness (QED) is 0.713. The second-order valence-electron chi connectivity index (χ2n) is 4.96. The van der Waals surface area contributed by atoms with Gasteiger partial charge in [0.05, 0.1) is 13.3 Å². The van der Waals surface area contributed by atoms with Crippen molar-refractivity contribution in [3.63, 3.8) is 0 Å². The number of hydrogen-bond acceptors (Lipinski definition) is 3. The van der Waals surface area contributed by atoms with Crippen LogP contribution < -0.4 is 4.74 Å². The lowest BCUT2D eigenvalue weighted by Gasteiger charge is -1.99. The Kier molecular flexibility index (Phi) is 4.64. The van der Waals surface area contributed by atoms with Crippen LogP contribution in [0.4, 0.5) is 0 Å². The van der Waals surface area contributed by atoms with E-state index in [4.69, 9.17) is 4.74 Å². The van der Waals surface area contributed by atoms with Gasteiger partial charge in [-0.2, -0.15) is 0 Å². The molecular formula is C19H17N3O. The molecule has 23 heavy (non-hydrogen) atoms. The third kappa shape index (κ3) is 4.17. The van der Waals surface area contributed by atoms with Crippen LogP contribution in [0.25, 0.3) is 24.4 Å².